The van der Waals surface area contributed by atoms with Gasteiger partial charge in [0.1, 0.15) is 11.0 Å². The number of carbonyl (C=O) groups is 1. The van der Waals surface area contributed by atoms with Crippen LogP contribution in [-0.2, 0) is 0 Å². The van der Waals surface area contributed by atoms with Gasteiger partial charge in [-0.3, -0.25) is 4.79 Å². The van der Waals surface area contributed by atoms with E-state index >= 15 is 0 Å². The number of halogens is 1. The van der Waals surface area contributed by atoms with Crippen LogP contribution in [-0.4, -0.2) is 11.1 Å². The highest BCUT2D eigenvalue weighted by Crippen LogP contribution is 2.19. The van der Waals surface area contributed by atoms with E-state index in [-0.39, 0.29) is 11.9 Å². The highest BCUT2D eigenvalue weighted by Gasteiger charge is 2.10. The van der Waals surface area contributed by atoms with Crippen LogP contribution >= 0.6 is 11.6 Å². The van der Waals surface area contributed by atoms with E-state index in [2.05, 4.69) is 22.2 Å². The number of nitrogens with one attached hydrogen (secondary N) is 2. The van der Waals surface area contributed by atoms with Crippen LogP contribution in [0.2, 0.25) is 0 Å². The van der Waals surface area contributed by atoms with Crippen LogP contribution in [0, 0.1) is 13.8 Å². The van der Waals surface area contributed by atoms with Crippen molar-refractivity contribution < 1.29 is 4.79 Å². The molecule has 0 aliphatic rings. The van der Waals surface area contributed by atoms with Crippen molar-refractivity contribution in [3.63, 3.8) is 0 Å². The Balaban J connectivity index is 2.12. The molecule has 1 atom stereocenters. The largest absolute Gasteiger partial charge is 0.364 e. The van der Waals surface area contributed by atoms with Crippen molar-refractivity contribution in [1.82, 2.24) is 5.32 Å². The predicted octanol–water partition coefficient (Wildman–Crippen LogP) is 5.33. The molecule has 0 aliphatic heterocycles. The Hall–Kier alpha value is -2.59. The topological polar surface area (TPSA) is 53.5 Å². The van der Waals surface area contributed by atoms with Crippen molar-refractivity contribution in [2.75, 3.05) is 5.32 Å². The fraction of sp³-hybridized carbons (Fsp3) is 0.238. The Kier molecular flexibility index (Phi) is 6.58. The van der Waals surface area contributed by atoms with Crippen LogP contribution in [0.25, 0.3) is 0 Å². The van der Waals surface area contributed by atoms with Crippen LogP contribution in [0.1, 0.15) is 46.9 Å². The van der Waals surface area contributed by atoms with E-state index in [1.54, 1.807) is 6.92 Å². The molecule has 2 aromatic rings. The molecule has 0 aromatic heterocycles. The monoisotopic (exact) mass is 369 g/mol. The molecule has 0 spiro atoms. The first-order valence-corrected chi connectivity index (χ1v) is 8.78. The molecule has 0 radical (unpaired) electrons. The maximum Gasteiger partial charge on any atom is 0.255 e. The van der Waals surface area contributed by atoms with Crippen molar-refractivity contribution in [2.45, 2.75) is 33.7 Å². The van der Waals surface area contributed by atoms with E-state index in [0.717, 1.165) is 22.4 Å². The molecule has 4 nitrogen and oxygen atoms in total. The van der Waals surface area contributed by atoms with E-state index in [1.165, 1.54) is 0 Å². The minimum Gasteiger partial charge on any atom is -0.364 e. The van der Waals surface area contributed by atoms with Gasteiger partial charge in [-0.2, -0.15) is 0 Å². The summed E-state index contributed by atoms with van der Waals surface area (Å²) in [5, 5.41) is 6.55. The fourth-order valence-electron chi connectivity index (χ4n) is 2.75. The lowest BCUT2D eigenvalue weighted by Gasteiger charge is -2.16. The third kappa shape index (κ3) is 5.74. The number of amides is 1. The van der Waals surface area contributed by atoms with E-state index in [9.17, 15) is 4.79 Å². The van der Waals surface area contributed by atoms with Gasteiger partial charge in [-0.25, -0.2) is 4.99 Å². The maximum absolute atomic E-state index is 12.5. The maximum atomic E-state index is 12.5. The molecule has 26 heavy (non-hydrogen) atoms. The average molecular weight is 370 g/mol. The van der Waals surface area contributed by atoms with Crippen molar-refractivity contribution in [3.05, 3.63) is 77.1 Å². The molecule has 2 N–H and O–H groups in total. The third-order valence-corrected chi connectivity index (χ3v) is 3.89. The number of benzene rings is 2. The quantitative estimate of drug-likeness (QED) is 0.675. The minimum atomic E-state index is -0.124. The Morgan fingerprint density at radius 2 is 1.81 bits per heavy atom. The fourth-order valence-corrected chi connectivity index (χ4v) is 2.85. The summed E-state index contributed by atoms with van der Waals surface area (Å²) < 4.78 is 0. The molecule has 5 heteroatoms. The van der Waals surface area contributed by atoms with Gasteiger partial charge in [0.15, 0.2) is 0 Å². The number of aryl methyl sites for hydroxylation is 2. The number of aliphatic imine (C=N–C) groups is 1. The second-order valence-corrected chi connectivity index (χ2v) is 6.92. The Labute approximate surface area is 160 Å². The summed E-state index contributed by atoms with van der Waals surface area (Å²) in [6, 6.07) is 13.5. The zero-order valence-electron chi connectivity index (χ0n) is 15.6. The predicted molar refractivity (Wildman–Crippen MR) is 110 cm³/mol. The van der Waals surface area contributed by atoms with Gasteiger partial charge in [-0.15, -0.1) is 0 Å². The van der Waals surface area contributed by atoms with Gasteiger partial charge < -0.3 is 10.6 Å². The Morgan fingerprint density at radius 3 is 2.42 bits per heavy atom. The molecular weight excluding hydrogens is 346 g/mol. The second-order valence-electron chi connectivity index (χ2n) is 6.38. The standard InChI is InChI=1S/C21H24ClN3O/c1-13-9-14(2)11-19(10-13)21(26)25-20-8-6-7-18(12-20)15(3)23-17(5)24-16(4)22/h6-12,15,23H,5H2,1-4H3,(H,25,26). The first-order valence-electron chi connectivity index (χ1n) is 8.40. The highest BCUT2D eigenvalue weighted by molar-refractivity contribution is 6.64. The molecule has 0 heterocycles. The van der Waals surface area contributed by atoms with Gasteiger partial charge in [0, 0.05) is 17.3 Å². The first kappa shape index (κ1) is 19.7. The molecule has 2 rings (SSSR count). The van der Waals surface area contributed by atoms with Gasteiger partial charge in [0.2, 0.25) is 0 Å². The molecule has 0 bridgehead atoms. The summed E-state index contributed by atoms with van der Waals surface area (Å²) in [6.07, 6.45) is 0. The normalized spacial score (nSPS) is 12.4. The van der Waals surface area contributed by atoms with E-state index in [1.807, 2.05) is 63.2 Å². The third-order valence-electron chi connectivity index (χ3n) is 3.80. The summed E-state index contributed by atoms with van der Waals surface area (Å²) in [4.78, 5) is 16.6. The van der Waals surface area contributed by atoms with E-state index < -0.39 is 0 Å². The number of rotatable bonds is 6. The van der Waals surface area contributed by atoms with E-state index in [0.29, 0.717) is 16.6 Å². The Bertz CT molecular complexity index is 834. The molecule has 0 aliphatic carbocycles. The molecule has 0 saturated carbocycles. The van der Waals surface area contributed by atoms with Crippen LogP contribution in [0.15, 0.2) is 59.9 Å². The van der Waals surface area contributed by atoms with Crippen LogP contribution in [0.4, 0.5) is 5.69 Å². The summed E-state index contributed by atoms with van der Waals surface area (Å²) in [5.41, 5.74) is 4.53. The van der Waals surface area contributed by atoms with Crippen LogP contribution in [0.3, 0.4) is 0 Å². The molecule has 0 saturated heterocycles. The molecule has 0 fully saturated rings. The average Bonchev–Trinajstić information content (AvgIpc) is 2.53. The molecule has 1 amide bonds. The number of hydrogen-bond donors (Lipinski definition) is 2. The molecule has 1 unspecified atom stereocenters. The van der Waals surface area contributed by atoms with E-state index in [4.69, 9.17) is 11.6 Å². The highest BCUT2D eigenvalue weighted by atomic mass is 35.5. The lowest BCUT2D eigenvalue weighted by molar-refractivity contribution is 0.102. The van der Waals surface area contributed by atoms with Crippen LogP contribution in [0.5, 0.6) is 0 Å². The van der Waals surface area contributed by atoms with Crippen LogP contribution < -0.4 is 10.6 Å². The zero-order valence-corrected chi connectivity index (χ0v) is 16.3. The number of hydrogen-bond acceptors (Lipinski definition) is 3. The smallest absolute Gasteiger partial charge is 0.255 e. The van der Waals surface area contributed by atoms with Gasteiger partial charge in [-0.05, 0) is 57.5 Å². The van der Waals surface area contributed by atoms with Crippen molar-refractivity contribution in [1.29, 1.82) is 0 Å². The number of carbonyl (C=O) groups excluding carboxylic acids is 1. The lowest BCUT2D eigenvalue weighted by atomic mass is 10.1. The van der Waals surface area contributed by atoms with Gasteiger partial charge >= 0.3 is 0 Å². The van der Waals surface area contributed by atoms with Crippen molar-refractivity contribution >= 4 is 28.4 Å². The first-order chi connectivity index (χ1) is 12.2. The second kappa shape index (κ2) is 8.68. The number of nitrogens with zero attached hydrogens (tertiary/aromatic N) is 1. The number of anilines is 1. The summed E-state index contributed by atoms with van der Waals surface area (Å²) in [7, 11) is 0. The summed E-state index contributed by atoms with van der Waals surface area (Å²) in [6.45, 7) is 11.5. The SMILES string of the molecule is C=C(N=C(C)Cl)NC(C)c1cccc(NC(=O)c2cc(C)cc(C)c2)c1. The lowest BCUT2D eigenvalue weighted by Crippen LogP contribution is -2.17. The molecular formula is C21H24ClN3O. The molecule has 2 aromatic carbocycles. The van der Waals surface area contributed by atoms with Gasteiger partial charge in [0.05, 0.1) is 0 Å². The Morgan fingerprint density at radius 1 is 1.15 bits per heavy atom. The van der Waals surface area contributed by atoms with Crippen molar-refractivity contribution in [2.24, 2.45) is 4.99 Å². The van der Waals surface area contributed by atoms with Gasteiger partial charge in [-0.1, -0.05) is 47.5 Å². The molecule has 136 valence electrons. The summed E-state index contributed by atoms with van der Waals surface area (Å²) >= 11 is 5.77. The zero-order chi connectivity index (χ0) is 19.3. The van der Waals surface area contributed by atoms with Crippen molar-refractivity contribution in [3.8, 4) is 0 Å². The summed E-state index contributed by atoms with van der Waals surface area (Å²) in [5.74, 6) is 0.371. The van der Waals surface area contributed by atoms with Gasteiger partial charge in [0.25, 0.3) is 5.91 Å². The minimum absolute atomic E-state index is 0.0275.